The number of amides is 1. The highest BCUT2D eigenvalue weighted by Gasteiger charge is 2.29. The lowest BCUT2D eigenvalue weighted by Gasteiger charge is -2.14. The van der Waals surface area contributed by atoms with Crippen LogP contribution in [0.3, 0.4) is 0 Å². The van der Waals surface area contributed by atoms with E-state index in [-0.39, 0.29) is 11.4 Å². The van der Waals surface area contributed by atoms with Gasteiger partial charge in [-0.15, -0.1) is 0 Å². The molecule has 0 aliphatic rings. The van der Waals surface area contributed by atoms with E-state index in [1.54, 1.807) is 38.1 Å². The summed E-state index contributed by atoms with van der Waals surface area (Å²) < 4.78 is 52.8. The Labute approximate surface area is 232 Å². The van der Waals surface area contributed by atoms with Crippen molar-refractivity contribution in [2.45, 2.75) is 61.1 Å². The number of alkyl halides is 3. The van der Waals surface area contributed by atoms with Gasteiger partial charge in [0.05, 0.1) is 16.4 Å². The van der Waals surface area contributed by atoms with E-state index in [1.807, 2.05) is 33.8 Å². The first-order valence-electron chi connectivity index (χ1n) is 12.4. The van der Waals surface area contributed by atoms with Gasteiger partial charge in [0.25, 0.3) is 5.91 Å². The van der Waals surface area contributed by atoms with Crippen LogP contribution in [0, 0.1) is 12.7 Å². The van der Waals surface area contributed by atoms with Crippen molar-refractivity contribution in [2.75, 3.05) is 5.32 Å². The van der Waals surface area contributed by atoms with Crippen molar-refractivity contribution >= 4 is 34.6 Å². The lowest BCUT2D eigenvalue weighted by Crippen LogP contribution is -2.16. The van der Waals surface area contributed by atoms with Crippen LogP contribution in [-0.2, 0) is 4.79 Å². The smallest absolute Gasteiger partial charge is 0.322 e. The molecule has 0 unspecified atom stereocenters. The first kappa shape index (κ1) is 31.8. The van der Waals surface area contributed by atoms with Gasteiger partial charge in [0, 0.05) is 22.4 Å². The summed E-state index contributed by atoms with van der Waals surface area (Å²) in [5.74, 6) is -0.931. The molecule has 0 atom stereocenters. The summed E-state index contributed by atoms with van der Waals surface area (Å²) in [7, 11) is 0. The number of carbonyl (C=O) groups excluding carboxylic acids is 1. The van der Waals surface area contributed by atoms with Crippen molar-refractivity contribution < 1.29 is 22.4 Å². The van der Waals surface area contributed by atoms with Crippen LogP contribution in [0.1, 0.15) is 59.1 Å². The standard InChI is InChI=1S/C31H33ClF4N2O/c1-8-19(4)22(7)25(12-9-21(6)31(34,35)36)30(39)37-24-11-13-27(32)26(17-24)29(15-18(2)3)38-28-14-10-23(33)16-20(28)5/h9-17H,8H2,1-7H3,(H,37,39)/b21-9+,22-19+,25-12+,38-29?. The van der Waals surface area contributed by atoms with Crippen molar-refractivity contribution in [3.05, 3.63) is 104 Å². The van der Waals surface area contributed by atoms with Crippen LogP contribution in [0.15, 0.2) is 87.5 Å². The predicted molar refractivity (Wildman–Crippen MR) is 153 cm³/mol. The fourth-order valence-electron chi connectivity index (χ4n) is 3.48. The molecule has 0 aromatic heterocycles. The van der Waals surface area contributed by atoms with Gasteiger partial charge in [-0.2, -0.15) is 13.2 Å². The van der Waals surface area contributed by atoms with E-state index >= 15 is 0 Å². The van der Waals surface area contributed by atoms with E-state index in [0.29, 0.717) is 45.2 Å². The highest BCUT2D eigenvalue weighted by atomic mass is 35.5. The van der Waals surface area contributed by atoms with Gasteiger partial charge in [0.2, 0.25) is 0 Å². The van der Waals surface area contributed by atoms with E-state index in [4.69, 9.17) is 16.6 Å². The lowest BCUT2D eigenvalue weighted by atomic mass is 9.99. The first-order chi connectivity index (χ1) is 18.1. The average molecular weight is 561 g/mol. The summed E-state index contributed by atoms with van der Waals surface area (Å²) >= 11 is 6.53. The topological polar surface area (TPSA) is 41.5 Å². The number of halogens is 5. The second kappa shape index (κ2) is 13.6. The molecule has 0 aliphatic heterocycles. The molecule has 0 aliphatic carbocycles. The number of hydrogen-bond donors (Lipinski definition) is 1. The molecule has 3 nitrogen and oxygen atoms in total. The minimum atomic E-state index is -4.50. The molecule has 208 valence electrons. The van der Waals surface area contributed by atoms with Crippen LogP contribution < -0.4 is 5.32 Å². The molecule has 8 heteroatoms. The van der Waals surface area contributed by atoms with E-state index in [9.17, 15) is 22.4 Å². The largest absolute Gasteiger partial charge is 0.412 e. The first-order valence-corrected chi connectivity index (χ1v) is 12.7. The molecule has 2 rings (SSSR count). The Bertz CT molecular complexity index is 1390. The minimum absolute atomic E-state index is 0.120. The monoisotopic (exact) mass is 560 g/mol. The van der Waals surface area contributed by atoms with E-state index < -0.39 is 17.7 Å². The fraction of sp³-hybridized carbons (Fsp3) is 0.290. The van der Waals surface area contributed by atoms with Crippen molar-refractivity contribution in [1.29, 1.82) is 0 Å². The molecule has 0 saturated carbocycles. The quantitative estimate of drug-likeness (QED) is 0.148. The van der Waals surface area contributed by atoms with Gasteiger partial charge in [-0.1, -0.05) is 35.7 Å². The summed E-state index contributed by atoms with van der Waals surface area (Å²) in [6.07, 6.45) is 0.0538. The number of rotatable bonds is 8. The Hall–Kier alpha value is -3.45. The van der Waals surface area contributed by atoms with Crippen LogP contribution in [0.4, 0.5) is 28.9 Å². The molecule has 2 aromatic rings. The molecular weight excluding hydrogens is 528 g/mol. The number of anilines is 1. The van der Waals surface area contributed by atoms with Gasteiger partial charge in [0.15, 0.2) is 0 Å². The van der Waals surface area contributed by atoms with Gasteiger partial charge in [0.1, 0.15) is 5.82 Å². The molecule has 1 N–H and O–H groups in total. The average Bonchev–Trinajstić information content (AvgIpc) is 2.84. The number of carbonyl (C=O) groups is 1. The molecule has 0 saturated heterocycles. The highest BCUT2D eigenvalue weighted by Crippen LogP contribution is 2.28. The minimum Gasteiger partial charge on any atom is -0.322 e. The Morgan fingerprint density at radius 2 is 1.69 bits per heavy atom. The van der Waals surface area contributed by atoms with Gasteiger partial charge in [-0.05, 0) is 108 Å². The Balaban J connectivity index is 2.59. The van der Waals surface area contributed by atoms with Crippen molar-refractivity contribution in [2.24, 2.45) is 4.99 Å². The lowest BCUT2D eigenvalue weighted by molar-refractivity contribution is -0.112. The number of aliphatic imine (C=N–C) groups is 1. The maximum atomic E-state index is 13.6. The Kier molecular flexibility index (Phi) is 11.0. The van der Waals surface area contributed by atoms with Crippen LogP contribution >= 0.6 is 11.6 Å². The van der Waals surface area contributed by atoms with Crippen LogP contribution in [0.5, 0.6) is 0 Å². The number of aryl methyl sites for hydroxylation is 1. The Morgan fingerprint density at radius 1 is 1.03 bits per heavy atom. The number of allylic oxidation sites excluding steroid dienone is 6. The Morgan fingerprint density at radius 3 is 2.26 bits per heavy atom. The van der Waals surface area contributed by atoms with E-state index in [2.05, 4.69) is 5.32 Å². The molecule has 0 bridgehead atoms. The van der Waals surface area contributed by atoms with E-state index in [1.165, 1.54) is 18.2 Å². The fourth-order valence-corrected chi connectivity index (χ4v) is 3.70. The van der Waals surface area contributed by atoms with Crippen molar-refractivity contribution in [1.82, 2.24) is 0 Å². The molecule has 39 heavy (non-hydrogen) atoms. The molecule has 1 amide bonds. The van der Waals surface area contributed by atoms with Crippen LogP contribution in [0.2, 0.25) is 5.02 Å². The number of hydrogen-bond acceptors (Lipinski definition) is 2. The zero-order valence-electron chi connectivity index (χ0n) is 23.1. The summed E-state index contributed by atoms with van der Waals surface area (Å²) in [4.78, 5) is 18.0. The second-order valence-electron chi connectivity index (χ2n) is 9.48. The summed E-state index contributed by atoms with van der Waals surface area (Å²) in [5, 5.41) is 3.16. The van der Waals surface area contributed by atoms with Gasteiger partial charge in [-0.3, -0.25) is 4.79 Å². The van der Waals surface area contributed by atoms with E-state index in [0.717, 1.165) is 24.1 Å². The van der Waals surface area contributed by atoms with Gasteiger partial charge >= 0.3 is 6.18 Å². The zero-order chi connectivity index (χ0) is 29.5. The third kappa shape index (κ3) is 9.06. The molecule has 0 fully saturated rings. The van der Waals surface area contributed by atoms with Gasteiger partial charge < -0.3 is 5.32 Å². The van der Waals surface area contributed by atoms with Gasteiger partial charge in [-0.25, -0.2) is 9.38 Å². The third-order valence-electron chi connectivity index (χ3n) is 6.09. The molecule has 2 aromatic carbocycles. The normalized spacial score (nSPS) is 13.7. The summed E-state index contributed by atoms with van der Waals surface area (Å²) in [5.41, 5.74) is 4.31. The maximum Gasteiger partial charge on any atom is 0.412 e. The van der Waals surface area contributed by atoms with Crippen molar-refractivity contribution in [3.63, 3.8) is 0 Å². The maximum absolute atomic E-state index is 13.6. The summed E-state index contributed by atoms with van der Waals surface area (Å²) in [6.45, 7) is 11.9. The molecule has 0 radical (unpaired) electrons. The van der Waals surface area contributed by atoms with Crippen molar-refractivity contribution in [3.8, 4) is 0 Å². The second-order valence-corrected chi connectivity index (χ2v) is 9.89. The highest BCUT2D eigenvalue weighted by molar-refractivity contribution is 6.35. The molecule has 0 spiro atoms. The molecule has 0 heterocycles. The number of nitrogens with zero attached hydrogens (tertiary/aromatic N) is 1. The number of benzene rings is 2. The number of nitrogens with one attached hydrogen (secondary N) is 1. The molecular formula is C31H33ClF4N2O. The SMILES string of the molecule is CC/C(C)=C(C)/C(=C\C=C(/C)C(F)(F)F)C(=O)Nc1ccc(Cl)c(C(C=C(C)C)=Nc2ccc(F)cc2C)c1. The van der Waals surface area contributed by atoms with Crippen LogP contribution in [-0.4, -0.2) is 17.8 Å². The third-order valence-corrected chi connectivity index (χ3v) is 6.42. The zero-order valence-corrected chi connectivity index (χ0v) is 23.9. The summed E-state index contributed by atoms with van der Waals surface area (Å²) in [6, 6.07) is 9.14. The predicted octanol–water partition coefficient (Wildman–Crippen LogP) is 9.99. The van der Waals surface area contributed by atoms with Crippen LogP contribution in [0.25, 0.3) is 0 Å².